The van der Waals surface area contributed by atoms with Gasteiger partial charge in [0, 0.05) is 30.0 Å². The van der Waals surface area contributed by atoms with Crippen LogP contribution in [0.3, 0.4) is 0 Å². The molecule has 0 aliphatic heterocycles. The molecule has 0 fully saturated rings. The van der Waals surface area contributed by atoms with E-state index in [1.165, 1.54) is 44.7 Å². The predicted octanol–water partition coefficient (Wildman–Crippen LogP) is 5.90. The van der Waals surface area contributed by atoms with Gasteiger partial charge in [-0.25, -0.2) is 9.13 Å². The monoisotopic (exact) mass is 413 g/mol. The van der Waals surface area contributed by atoms with E-state index in [0.717, 1.165) is 0 Å². The summed E-state index contributed by atoms with van der Waals surface area (Å²) in [6, 6.07) is 16.1. The maximum absolute atomic E-state index is 2.39. The molecule has 0 spiro atoms. The highest BCUT2D eigenvalue weighted by Gasteiger charge is 2.29. The molecule has 0 radical (unpaired) electrons. The normalized spacial score (nSPS) is 12.2. The lowest BCUT2D eigenvalue weighted by Gasteiger charge is -2.21. The lowest BCUT2D eigenvalue weighted by molar-refractivity contribution is -0.659. The van der Waals surface area contributed by atoms with Gasteiger partial charge in [0.25, 0.3) is 5.82 Å². The smallest absolute Gasteiger partial charge is 0.233 e. The third-order valence-electron chi connectivity index (χ3n) is 6.34. The van der Waals surface area contributed by atoms with E-state index in [0.29, 0.717) is 6.04 Å². The topological polar surface area (TPSA) is 12.7 Å². The molecule has 2 aromatic heterocycles. The lowest BCUT2D eigenvalue weighted by atomic mass is 9.84. The number of aromatic nitrogens is 3. The molecule has 4 aromatic rings. The number of benzene rings is 2. The Balaban J connectivity index is 2.06. The first-order valence-corrected chi connectivity index (χ1v) is 11.2. The van der Waals surface area contributed by atoms with Gasteiger partial charge in [-0.05, 0) is 49.3 Å². The molecule has 0 unspecified atom stereocenters. The van der Waals surface area contributed by atoms with Crippen LogP contribution in [0.25, 0.3) is 27.8 Å². The Bertz CT molecular complexity index is 1270. The molecule has 0 N–H and O–H groups in total. The lowest BCUT2D eigenvalue weighted by Crippen LogP contribution is -2.36. The highest BCUT2D eigenvalue weighted by atomic mass is 15.1. The Morgan fingerprint density at radius 2 is 1.61 bits per heavy atom. The average Bonchev–Trinajstić information content (AvgIpc) is 3.08. The zero-order chi connectivity index (χ0) is 22.5. The van der Waals surface area contributed by atoms with E-state index < -0.39 is 0 Å². The highest BCUT2D eigenvalue weighted by molar-refractivity contribution is 5.81. The second-order valence-electron chi connectivity index (χ2n) is 10.1. The molecule has 160 valence electrons. The maximum Gasteiger partial charge on any atom is 0.289 e. The van der Waals surface area contributed by atoms with Crippen molar-refractivity contribution in [3.05, 3.63) is 77.9 Å². The minimum absolute atomic E-state index is 0.0519. The molecule has 2 aromatic carbocycles. The Kier molecular flexibility index (Phi) is 5.25. The molecular weight excluding hydrogens is 378 g/mol. The molecule has 0 aliphatic carbocycles. The molecule has 4 rings (SSSR count). The molecule has 0 aliphatic rings. The van der Waals surface area contributed by atoms with Crippen LogP contribution in [0.1, 0.15) is 57.5 Å². The molecule has 0 bridgehead atoms. The summed E-state index contributed by atoms with van der Waals surface area (Å²) in [7, 11) is 2.14. The van der Waals surface area contributed by atoms with Crippen molar-refractivity contribution < 1.29 is 9.13 Å². The van der Waals surface area contributed by atoms with E-state index >= 15 is 0 Å². The van der Waals surface area contributed by atoms with Gasteiger partial charge < -0.3 is 0 Å². The van der Waals surface area contributed by atoms with Crippen LogP contribution in [-0.2, 0) is 12.5 Å². The maximum atomic E-state index is 2.39. The van der Waals surface area contributed by atoms with Gasteiger partial charge in [0.2, 0.25) is 5.69 Å². The molecule has 0 saturated carbocycles. The van der Waals surface area contributed by atoms with Crippen molar-refractivity contribution in [3.8, 4) is 17.1 Å². The summed E-state index contributed by atoms with van der Waals surface area (Å²) < 4.78 is 6.98. The zero-order valence-electron chi connectivity index (χ0n) is 20.2. The summed E-state index contributed by atoms with van der Waals surface area (Å²) in [4.78, 5) is 0. The van der Waals surface area contributed by atoms with Crippen LogP contribution in [0.5, 0.6) is 0 Å². The predicted molar refractivity (Wildman–Crippen MR) is 129 cm³/mol. The number of imidazole rings is 1. The molecule has 0 atom stereocenters. The number of hydrogen-bond donors (Lipinski definition) is 0. The van der Waals surface area contributed by atoms with E-state index in [1.807, 2.05) is 0 Å². The first-order chi connectivity index (χ1) is 14.6. The van der Waals surface area contributed by atoms with Crippen LogP contribution in [0.2, 0.25) is 0 Å². The Hall–Kier alpha value is -2.94. The zero-order valence-corrected chi connectivity index (χ0v) is 20.2. The quantitative estimate of drug-likeness (QED) is 0.371. The van der Waals surface area contributed by atoms with E-state index in [1.54, 1.807) is 0 Å². The second kappa shape index (κ2) is 7.64. The Morgan fingerprint density at radius 3 is 2.26 bits per heavy atom. The molecular formula is C28H35N3+2. The van der Waals surface area contributed by atoms with Gasteiger partial charge in [-0.2, -0.15) is 4.57 Å². The van der Waals surface area contributed by atoms with Gasteiger partial charge >= 0.3 is 0 Å². The van der Waals surface area contributed by atoms with Gasteiger partial charge in [-0.3, -0.25) is 0 Å². The highest BCUT2D eigenvalue weighted by Crippen LogP contribution is 2.33. The van der Waals surface area contributed by atoms with Crippen molar-refractivity contribution in [3.63, 3.8) is 0 Å². The number of rotatable bonds is 3. The van der Waals surface area contributed by atoms with Crippen LogP contribution in [0.15, 0.2) is 61.1 Å². The van der Waals surface area contributed by atoms with Gasteiger partial charge in [0.15, 0.2) is 11.9 Å². The first-order valence-electron chi connectivity index (χ1n) is 11.2. The fourth-order valence-corrected chi connectivity index (χ4v) is 4.41. The van der Waals surface area contributed by atoms with Crippen molar-refractivity contribution in [1.82, 2.24) is 4.57 Å². The summed E-state index contributed by atoms with van der Waals surface area (Å²) in [5.74, 6) is 1.25. The van der Waals surface area contributed by atoms with E-state index in [9.17, 15) is 0 Å². The molecule has 0 saturated heterocycles. The Morgan fingerprint density at radius 1 is 0.935 bits per heavy atom. The van der Waals surface area contributed by atoms with Crippen LogP contribution < -0.4 is 9.13 Å². The standard InChI is InChI=1S/C28H35N3/c1-19(2)30-14-13-29(8)27(30)25-16-24(28(5,6)7)17-26(21(25)4)31-18-23-12-10-9-11-22(23)15-20(31)3/h9-19H,1-8H3/q+2. The minimum Gasteiger partial charge on any atom is -0.233 e. The third kappa shape index (κ3) is 3.78. The Labute approximate surface area is 186 Å². The van der Waals surface area contributed by atoms with Gasteiger partial charge in [-0.15, -0.1) is 0 Å². The second-order valence-corrected chi connectivity index (χ2v) is 10.1. The van der Waals surface area contributed by atoms with Crippen molar-refractivity contribution in [2.75, 3.05) is 0 Å². The summed E-state index contributed by atoms with van der Waals surface area (Å²) in [5, 5.41) is 2.53. The van der Waals surface area contributed by atoms with Crippen molar-refractivity contribution >= 4 is 10.8 Å². The van der Waals surface area contributed by atoms with Crippen molar-refractivity contribution in [2.24, 2.45) is 7.05 Å². The average molecular weight is 414 g/mol. The summed E-state index contributed by atoms with van der Waals surface area (Å²) >= 11 is 0. The molecule has 0 amide bonds. The number of fused-ring (bicyclic) bond motifs is 1. The first kappa shape index (κ1) is 21.3. The molecule has 3 heteroatoms. The number of nitrogens with zero attached hydrogens (tertiary/aromatic N) is 3. The van der Waals surface area contributed by atoms with Crippen LogP contribution in [0.4, 0.5) is 0 Å². The third-order valence-corrected chi connectivity index (χ3v) is 6.34. The van der Waals surface area contributed by atoms with Gasteiger partial charge in [0.1, 0.15) is 12.4 Å². The van der Waals surface area contributed by atoms with E-state index in [4.69, 9.17) is 0 Å². The van der Waals surface area contributed by atoms with E-state index in [-0.39, 0.29) is 5.41 Å². The molecule has 31 heavy (non-hydrogen) atoms. The largest absolute Gasteiger partial charge is 0.289 e. The summed E-state index contributed by atoms with van der Waals surface area (Å²) in [5.41, 5.74) is 6.48. The number of hydrogen-bond acceptors (Lipinski definition) is 0. The van der Waals surface area contributed by atoms with Gasteiger partial charge in [0.05, 0.1) is 18.7 Å². The van der Waals surface area contributed by atoms with Crippen molar-refractivity contribution in [1.29, 1.82) is 0 Å². The van der Waals surface area contributed by atoms with Crippen LogP contribution in [0, 0.1) is 13.8 Å². The van der Waals surface area contributed by atoms with E-state index in [2.05, 4.69) is 130 Å². The van der Waals surface area contributed by atoms with Crippen molar-refractivity contribution in [2.45, 2.75) is 59.9 Å². The SMILES string of the molecule is Cc1c(-c2n(C(C)C)cc[n+]2C)cc(C(C)(C)C)cc1-[n+]1cc2ccccc2cc1C. The summed E-state index contributed by atoms with van der Waals surface area (Å²) in [6.45, 7) is 15.8. The number of pyridine rings is 1. The van der Waals surface area contributed by atoms with Crippen LogP contribution >= 0.6 is 0 Å². The molecule has 2 heterocycles. The number of aryl methyl sites for hydroxylation is 2. The fourth-order valence-electron chi connectivity index (χ4n) is 4.41. The summed E-state index contributed by atoms with van der Waals surface area (Å²) in [6.07, 6.45) is 6.63. The minimum atomic E-state index is 0.0519. The van der Waals surface area contributed by atoms with Gasteiger partial charge in [-0.1, -0.05) is 39.0 Å². The van der Waals surface area contributed by atoms with Crippen LogP contribution in [-0.4, -0.2) is 4.57 Å². The molecule has 3 nitrogen and oxygen atoms in total. The fraction of sp³-hybridized carbons (Fsp3) is 0.357.